The average molecular weight is 267 g/mol. The zero-order chi connectivity index (χ0) is 13.7. The Morgan fingerprint density at radius 1 is 1.47 bits per heavy atom. The quantitative estimate of drug-likeness (QED) is 0.727. The molecule has 2 heterocycles. The fourth-order valence-corrected chi connectivity index (χ4v) is 2.16. The summed E-state index contributed by atoms with van der Waals surface area (Å²) in [5.74, 6) is -0.935. The Bertz CT molecular complexity index is 434. The number of urea groups is 1. The summed E-state index contributed by atoms with van der Waals surface area (Å²) in [7, 11) is 0. The number of aryl methyl sites for hydroxylation is 1. The van der Waals surface area contributed by atoms with E-state index in [0.717, 1.165) is 12.8 Å². The van der Waals surface area contributed by atoms with Gasteiger partial charge in [-0.15, -0.1) is 5.10 Å². The van der Waals surface area contributed by atoms with Gasteiger partial charge in [0.2, 0.25) is 0 Å². The van der Waals surface area contributed by atoms with E-state index >= 15 is 0 Å². The predicted molar refractivity (Wildman–Crippen MR) is 65.4 cm³/mol. The zero-order valence-electron chi connectivity index (χ0n) is 10.5. The summed E-state index contributed by atoms with van der Waals surface area (Å²) >= 11 is 0. The lowest BCUT2D eigenvalue weighted by Gasteiger charge is -2.21. The molecule has 1 aromatic heterocycles. The molecule has 1 aliphatic heterocycles. The number of amides is 2. The van der Waals surface area contributed by atoms with Crippen LogP contribution in [-0.2, 0) is 11.3 Å². The molecule has 1 aliphatic rings. The number of carboxylic acid groups (broad SMARTS) is 1. The summed E-state index contributed by atoms with van der Waals surface area (Å²) < 4.78 is 1.68. The Labute approximate surface area is 110 Å². The molecule has 0 spiro atoms. The molecule has 19 heavy (non-hydrogen) atoms. The van der Waals surface area contributed by atoms with Crippen LogP contribution in [0.3, 0.4) is 0 Å². The summed E-state index contributed by atoms with van der Waals surface area (Å²) in [6.07, 6.45) is 5.34. The van der Waals surface area contributed by atoms with Gasteiger partial charge in [0.15, 0.2) is 0 Å². The van der Waals surface area contributed by atoms with Crippen LogP contribution in [0.2, 0.25) is 0 Å². The van der Waals surface area contributed by atoms with Crippen molar-refractivity contribution in [2.75, 3.05) is 13.1 Å². The van der Waals surface area contributed by atoms with Crippen molar-refractivity contribution in [3.05, 3.63) is 12.4 Å². The molecule has 1 fully saturated rings. The van der Waals surface area contributed by atoms with E-state index in [9.17, 15) is 9.59 Å². The van der Waals surface area contributed by atoms with E-state index in [1.54, 1.807) is 17.1 Å². The van der Waals surface area contributed by atoms with Crippen molar-refractivity contribution < 1.29 is 14.7 Å². The van der Waals surface area contributed by atoms with Crippen LogP contribution in [0.1, 0.15) is 19.3 Å². The molecule has 0 unspecified atom stereocenters. The minimum Gasteiger partial charge on any atom is -0.480 e. The Morgan fingerprint density at radius 2 is 2.32 bits per heavy atom. The SMILES string of the molecule is O=C(O)[C@@H]1CCCN1C(=O)NCCCn1ccnn1. The van der Waals surface area contributed by atoms with Gasteiger partial charge in [-0.25, -0.2) is 9.59 Å². The molecule has 1 saturated heterocycles. The highest BCUT2D eigenvalue weighted by molar-refractivity contribution is 5.83. The second kappa shape index (κ2) is 6.17. The third-order valence-corrected chi connectivity index (χ3v) is 3.11. The molecule has 0 aromatic carbocycles. The smallest absolute Gasteiger partial charge is 0.326 e. The number of nitrogens with zero attached hydrogens (tertiary/aromatic N) is 4. The first-order valence-electron chi connectivity index (χ1n) is 6.30. The van der Waals surface area contributed by atoms with Crippen LogP contribution < -0.4 is 5.32 Å². The largest absolute Gasteiger partial charge is 0.480 e. The third kappa shape index (κ3) is 3.43. The zero-order valence-corrected chi connectivity index (χ0v) is 10.5. The molecule has 0 bridgehead atoms. The number of carboxylic acids is 1. The molecule has 0 aliphatic carbocycles. The predicted octanol–water partition coefficient (Wildman–Crippen LogP) is -0.0732. The lowest BCUT2D eigenvalue weighted by molar-refractivity contribution is -0.141. The first kappa shape index (κ1) is 13.3. The van der Waals surface area contributed by atoms with E-state index < -0.39 is 12.0 Å². The van der Waals surface area contributed by atoms with Gasteiger partial charge < -0.3 is 15.3 Å². The molecule has 8 heteroatoms. The maximum atomic E-state index is 11.8. The topological polar surface area (TPSA) is 100 Å². The van der Waals surface area contributed by atoms with E-state index in [-0.39, 0.29) is 6.03 Å². The van der Waals surface area contributed by atoms with Crippen molar-refractivity contribution in [2.45, 2.75) is 31.8 Å². The number of hydrogen-bond acceptors (Lipinski definition) is 4. The molecule has 2 rings (SSSR count). The molecular weight excluding hydrogens is 250 g/mol. The van der Waals surface area contributed by atoms with Gasteiger partial charge in [-0.3, -0.25) is 4.68 Å². The van der Waals surface area contributed by atoms with Gasteiger partial charge in [0.1, 0.15) is 6.04 Å². The molecule has 8 nitrogen and oxygen atoms in total. The van der Waals surface area contributed by atoms with Crippen molar-refractivity contribution in [3.63, 3.8) is 0 Å². The fraction of sp³-hybridized carbons (Fsp3) is 0.636. The first-order valence-corrected chi connectivity index (χ1v) is 6.30. The highest BCUT2D eigenvalue weighted by Crippen LogP contribution is 2.17. The van der Waals surface area contributed by atoms with Gasteiger partial charge in [-0.2, -0.15) is 0 Å². The molecule has 1 aromatic rings. The monoisotopic (exact) mass is 267 g/mol. The van der Waals surface area contributed by atoms with Crippen molar-refractivity contribution in [1.29, 1.82) is 0 Å². The lowest BCUT2D eigenvalue weighted by atomic mass is 10.2. The van der Waals surface area contributed by atoms with E-state index in [2.05, 4.69) is 15.6 Å². The maximum Gasteiger partial charge on any atom is 0.326 e. The number of rotatable bonds is 5. The van der Waals surface area contributed by atoms with Gasteiger partial charge in [0.25, 0.3) is 0 Å². The molecular formula is C11H17N5O3. The van der Waals surface area contributed by atoms with Crippen LogP contribution in [0, 0.1) is 0 Å². The van der Waals surface area contributed by atoms with Gasteiger partial charge in [-0.05, 0) is 19.3 Å². The number of carbonyl (C=O) groups excluding carboxylic acids is 1. The number of likely N-dealkylation sites (tertiary alicyclic amines) is 1. The summed E-state index contributed by atoms with van der Waals surface area (Å²) in [6, 6.07) is -0.987. The van der Waals surface area contributed by atoms with E-state index in [1.807, 2.05) is 0 Å². The summed E-state index contributed by atoms with van der Waals surface area (Å²) in [4.78, 5) is 24.2. The third-order valence-electron chi connectivity index (χ3n) is 3.11. The molecule has 0 saturated carbocycles. The van der Waals surface area contributed by atoms with Crippen LogP contribution >= 0.6 is 0 Å². The summed E-state index contributed by atoms with van der Waals surface area (Å²) in [5.41, 5.74) is 0. The van der Waals surface area contributed by atoms with E-state index in [1.165, 1.54) is 4.90 Å². The number of aromatic nitrogens is 3. The van der Waals surface area contributed by atoms with Gasteiger partial charge in [-0.1, -0.05) is 5.21 Å². The highest BCUT2D eigenvalue weighted by Gasteiger charge is 2.33. The lowest BCUT2D eigenvalue weighted by Crippen LogP contribution is -2.46. The Balaban J connectivity index is 1.70. The molecule has 1 atom stereocenters. The van der Waals surface area contributed by atoms with Gasteiger partial charge >= 0.3 is 12.0 Å². The van der Waals surface area contributed by atoms with Crippen LogP contribution in [0.4, 0.5) is 4.79 Å². The van der Waals surface area contributed by atoms with E-state index in [0.29, 0.717) is 26.1 Å². The minimum absolute atomic E-state index is 0.302. The number of carbonyl (C=O) groups is 2. The molecule has 104 valence electrons. The van der Waals surface area contributed by atoms with Crippen molar-refractivity contribution >= 4 is 12.0 Å². The first-order chi connectivity index (χ1) is 9.18. The van der Waals surface area contributed by atoms with Crippen molar-refractivity contribution in [1.82, 2.24) is 25.2 Å². The van der Waals surface area contributed by atoms with Crippen molar-refractivity contribution in [2.24, 2.45) is 0 Å². The molecule has 2 amide bonds. The summed E-state index contributed by atoms with van der Waals surface area (Å²) in [5, 5.41) is 19.2. The van der Waals surface area contributed by atoms with Crippen LogP contribution in [0.15, 0.2) is 12.4 Å². The minimum atomic E-state index is -0.935. The van der Waals surface area contributed by atoms with Gasteiger partial charge in [0, 0.05) is 25.8 Å². The molecule has 0 radical (unpaired) electrons. The second-order valence-electron chi connectivity index (χ2n) is 4.44. The van der Waals surface area contributed by atoms with Crippen molar-refractivity contribution in [3.8, 4) is 0 Å². The standard InChI is InChI=1S/C11H17N5O3/c17-10(18)9-3-1-7-16(9)11(19)12-4-2-6-15-8-5-13-14-15/h5,8-9H,1-4,6-7H2,(H,12,19)(H,17,18)/t9-/m0/s1. The highest BCUT2D eigenvalue weighted by atomic mass is 16.4. The Kier molecular flexibility index (Phi) is 4.32. The van der Waals surface area contributed by atoms with Crippen LogP contribution in [0.25, 0.3) is 0 Å². The number of hydrogen-bond donors (Lipinski definition) is 2. The van der Waals surface area contributed by atoms with Crippen LogP contribution in [-0.4, -0.2) is 56.1 Å². The Hall–Kier alpha value is -2.12. The number of nitrogens with one attached hydrogen (secondary N) is 1. The van der Waals surface area contributed by atoms with E-state index in [4.69, 9.17) is 5.11 Å². The second-order valence-corrected chi connectivity index (χ2v) is 4.44. The molecule has 2 N–H and O–H groups in total. The number of aliphatic carboxylic acids is 1. The van der Waals surface area contributed by atoms with Crippen LogP contribution in [0.5, 0.6) is 0 Å². The fourth-order valence-electron chi connectivity index (χ4n) is 2.16. The Morgan fingerprint density at radius 3 is 3.00 bits per heavy atom. The summed E-state index contributed by atoms with van der Waals surface area (Å²) in [6.45, 7) is 1.66. The maximum absolute atomic E-state index is 11.8. The normalized spacial score (nSPS) is 18.5. The van der Waals surface area contributed by atoms with Gasteiger partial charge in [0.05, 0.1) is 6.20 Å². The average Bonchev–Trinajstić information content (AvgIpc) is 3.04.